The molecule has 1 aliphatic rings. The van der Waals surface area contributed by atoms with Gasteiger partial charge >= 0.3 is 6.18 Å². The lowest BCUT2D eigenvalue weighted by molar-refractivity contribution is -0.137. The van der Waals surface area contributed by atoms with Crippen LogP contribution in [0.5, 0.6) is 0 Å². The summed E-state index contributed by atoms with van der Waals surface area (Å²) in [5.41, 5.74) is -0.136. The molecule has 3 rings (SSSR count). The maximum atomic E-state index is 12.9. The fourth-order valence-electron chi connectivity index (χ4n) is 3.08. The Morgan fingerprint density at radius 1 is 1.38 bits per heavy atom. The third kappa shape index (κ3) is 3.43. The van der Waals surface area contributed by atoms with E-state index in [-0.39, 0.29) is 6.04 Å². The van der Waals surface area contributed by atoms with Gasteiger partial charge in [0.2, 0.25) is 0 Å². The van der Waals surface area contributed by atoms with E-state index in [0.29, 0.717) is 36.1 Å². The Kier molecular flexibility index (Phi) is 4.59. The van der Waals surface area contributed by atoms with Gasteiger partial charge in [-0.15, -0.1) is 0 Å². The molecule has 1 saturated heterocycles. The average Bonchev–Trinajstić information content (AvgIpc) is 3.04. The van der Waals surface area contributed by atoms with E-state index < -0.39 is 17.8 Å². The molecule has 8 heteroatoms. The van der Waals surface area contributed by atoms with E-state index in [1.54, 1.807) is 17.7 Å². The lowest BCUT2D eigenvalue weighted by atomic mass is 10.0. The summed E-state index contributed by atoms with van der Waals surface area (Å²) in [5, 5.41) is 10.5. The molecule has 1 aliphatic heterocycles. The van der Waals surface area contributed by atoms with Crippen LogP contribution < -0.4 is 0 Å². The minimum atomic E-state index is -4.38. The molecule has 0 saturated carbocycles. The number of aliphatic hydroxyl groups excluding tert-OH is 1. The van der Waals surface area contributed by atoms with Crippen molar-refractivity contribution in [1.29, 1.82) is 0 Å². The van der Waals surface area contributed by atoms with Gasteiger partial charge in [0.05, 0.1) is 24.4 Å². The molecule has 0 bridgehead atoms. The van der Waals surface area contributed by atoms with Crippen LogP contribution in [0.3, 0.4) is 0 Å². The van der Waals surface area contributed by atoms with Gasteiger partial charge < -0.3 is 9.67 Å². The molecular weight excluding hydrogens is 343 g/mol. The summed E-state index contributed by atoms with van der Waals surface area (Å²) in [6.45, 7) is 0.784. The minimum absolute atomic E-state index is 0.294. The molecule has 0 unspecified atom stereocenters. The molecular formula is C16H17ClF3N3O. The highest BCUT2D eigenvalue weighted by atomic mass is 35.5. The molecule has 1 N–H and O–H groups in total. The topological polar surface area (TPSA) is 41.3 Å². The van der Waals surface area contributed by atoms with Crippen LogP contribution in [0, 0.1) is 0 Å². The lowest BCUT2D eigenvalue weighted by Gasteiger charge is -2.24. The largest absolute Gasteiger partial charge is 0.416 e. The van der Waals surface area contributed by atoms with Crippen molar-refractivity contribution in [3.8, 4) is 0 Å². The number of alkyl halides is 3. The molecule has 130 valence electrons. The molecule has 1 aromatic heterocycles. The van der Waals surface area contributed by atoms with E-state index in [1.807, 2.05) is 4.90 Å². The smallest absolute Gasteiger partial charge is 0.392 e. The first kappa shape index (κ1) is 17.3. The highest BCUT2D eigenvalue weighted by Crippen LogP contribution is 2.36. The summed E-state index contributed by atoms with van der Waals surface area (Å²) in [4.78, 5) is 6.15. The Hall–Kier alpha value is -1.57. The van der Waals surface area contributed by atoms with Crippen molar-refractivity contribution in [3.05, 3.63) is 52.6 Å². The zero-order chi connectivity index (χ0) is 17.5. The zero-order valence-electron chi connectivity index (χ0n) is 13.0. The average molecular weight is 360 g/mol. The van der Waals surface area contributed by atoms with Gasteiger partial charge in [-0.1, -0.05) is 23.7 Å². The summed E-state index contributed by atoms with van der Waals surface area (Å²) < 4.78 is 40.5. The summed E-state index contributed by atoms with van der Waals surface area (Å²) >= 11 is 5.98. The fraction of sp³-hybridized carbons (Fsp3) is 0.438. The number of aromatic nitrogens is 2. The van der Waals surface area contributed by atoms with Crippen molar-refractivity contribution < 1.29 is 18.3 Å². The number of aliphatic hydroxyl groups is 1. The van der Waals surface area contributed by atoms with Gasteiger partial charge in [0.15, 0.2) is 0 Å². The molecule has 2 atom stereocenters. The monoisotopic (exact) mass is 359 g/mol. The van der Waals surface area contributed by atoms with Crippen LogP contribution >= 0.6 is 11.6 Å². The van der Waals surface area contributed by atoms with E-state index in [4.69, 9.17) is 11.6 Å². The Bertz CT molecular complexity index is 732. The summed E-state index contributed by atoms with van der Waals surface area (Å²) in [6, 6.07) is 4.98. The standard InChI is InChI=1S/C16H17ClF3N3O/c1-22-14(17)7-21-15(22)9-23-8-12(24)6-13(23)10-3-2-4-11(5-10)16(18,19)20/h2-5,7,12-13,24H,6,8-9H2,1H3/t12-,13-/m1/s1. The SMILES string of the molecule is Cn1c(Cl)cnc1CN1C[C@H](O)C[C@@H]1c1cccc(C(F)(F)F)c1. The third-order valence-electron chi connectivity index (χ3n) is 4.35. The van der Waals surface area contributed by atoms with Gasteiger partial charge in [-0.3, -0.25) is 4.90 Å². The number of likely N-dealkylation sites (tertiary alicyclic amines) is 1. The van der Waals surface area contributed by atoms with Crippen LogP contribution in [0.25, 0.3) is 0 Å². The van der Waals surface area contributed by atoms with E-state index in [1.165, 1.54) is 12.3 Å². The van der Waals surface area contributed by atoms with Crippen LogP contribution in [-0.4, -0.2) is 32.2 Å². The molecule has 0 aliphatic carbocycles. The Balaban J connectivity index is 1.87. The van der Waals surface area contributed by atoms with Crippen LogP contribution in [0.4, 0.5) is 13.2 Å². The predicted octanol–water partition coefficient (Wildman–Crippen LogP) is 3.40. The highest BCUT2D eigenvalue weighted by molar-refractivity contribution is 6.29. The van der Waals surface area contributed by atoms with Crippen LogP contribution in [0.15, 0.2) is 30.5 Å². The molecule has 2 heterocycles. The zero-order valence-corrected chi connectivity index (χ0v) is 13.7. The predicted molar refractivity (Wildman–Crippen MR) is 83.4 cm³/mol. The molecule has 0 radical (unpaired) electrons. The van der Waals surface area contributed by atoms with Crippen molar-refractivity contribution >= 4 is 11.6 Å². The number of halogens is 4. The third-order valence-corrected chi connectivity index (χ3v) is 4.70. The number of β-amino-alcohol motifs (C(OH)–C–C–N with tert-alkyl or cyclic N) is 1. The molecule has 0 spiro atoms. The fourth-order valence-corrected chi connectivity index (χ4v) is 3.22. The van der Waals surface area contributed by atoms with Crippen LogP contribution in [0.1, 0.15) is 29.4 Å². The summed E-state index contributed by atoms with van der Waals surface area (Å²) in [6.07, 6.45) is -3.05. The van der Waals surface area contributed by atoms with Gasteiger partial charge in [-0.05, 0) is 24.1 Å². The first-order valence-corrected chi connectivity index (χ1v) is 7.89. The molecule has 24 heavy (non-hydrogen) atoms. The Labute approximate surface area is 142 Å². The second-order valence-corrected chi connectivity index (χ2v) is 6.40. The molecule has 1 aromatic carbocycles. The highest BCUT2D eigenvalue weighted by Gasteiger charge is 2.35. The molecule has 0 amide bonds. The van der Waals surface area contributed by atoms with E-state index in [0.717, 1.165) is 12.1 Å². The Morgan fingerprint density at radius 3 is 2.75 bits per heavy atom. The van der Waals surface area contributed by atoms with E-state index >= 15 is 0 Å². The van der Waals surface area contributed by atoms with Crippen LogP contribution in [0.2, 0.25) is 5.15 Å². The molecule has 2 aromatic rings. The van der Waals surface area contributed by atoms with Gasteiger partial charge in [0, 0.05) is 19.6 Å². The first-order valence-electron chi connectivity index (χ1n) is 7.51. The number of nitrogens with zero attached hydrogens (tertiary/aromatic N) is 3. The second-order valence-electron chi connectivity index (χ2n) is 6.01. The van der Waals surface area contributed by atoms with Crippen molar-refractivity contribution in [2.24, 2.45) is 7.05 Å². The first-order chi connectivity index (χ1) is 11.3. The van der Waals surface area contributed by atoms with Crippen molar-refractivity contribution in [3.63, 3.8) is 0 Å². The minimum Gasteiger partial charge on any atom is -0.392 e. The second kappa shape index (κ2) is 6.38. The molecule has 4 nitrogen and oxygen atoms in total. The lowest BCUT2D eigenvalue weighted by Crippen LogP contribution is -2.26. The van der Waals surface area contributed by atoms with Crippen LogP contribution in [-0.2, 0) is 19.8 Å². The van der Waals surface area contributed by atoms with Gasteiger partial charge in [-0.25, -0.2) is 4.98 Å². The summed E-state index contributed by atoms with van der Waals surface area (Å²) in [5.74, 6) is 0.700. The van der Waals surface area contributed by atoms with Crippen molar-refractivity contribution in [2.45, 2.75) is 31.3 Å². The quantitative estimate of drug-likeness (QED) is 0.913. The Morgan fingerprint density at radius 2 is 2.12 bits per heavy atom. The van der Waals surface area contributed by atoms with Gasteiger partial charge in [0.1, 0.15) is 11.0 Å². The van der Waals surface area contributed by atoms with Crippen molar-refractivity contribution in [2.75, 3.05) is 6.54 Å². The summed E-state index contributed by atoms with van der Waals surface area (Å²) in [7, 11) is 1.77. The van der Waals surface area contributed by atoms with Gasteiger partial charge in [0.25, 0.3) is 0 Å². The number of benzene rings is 1. The number of imidazole rings is 1. The molecule has 1 fully saturated rings. The van der Waals surface area contributed by atoms with E-state index in [2.05, 4.69) is 4.98 Å². The van der Waals surface area contributed by atoms with E-state index in [9.17, 15) is 18.3 Å². The van der Waals surface area contributed by atoms with Crippen molar-refractivity contribution in [1.82, 2.24) is 14.5 Å². The van der Waals surface area contributed by atoms with Gasteiger partial charge in [-0.2, -0.15) is 13.2 Å². The number of hydrogen-bond donors (Lipinski definition) is 1. The maximum Gasteiger partial charge on any atom is 0.416 e. The number of hydrogen-bond acceptors (Lipinski definition) is 3. The maximum absolute atomic E-state index is 12.9. The normalized spacial score (nSPS) is 22.2. The number of rotatable bonds is 3.